The number of carboxylic acids is 1. The zero-order valence-corrected chi connectivity index (χ0v) is 15.5. The van der Waals surface area contributed by atoms with Gasteiger partial charge in [-0.1, -0.05) is 6.07 Å². The van der Waals surface area contributed by atoms with Crippen molar-refractivity contribution in [1.29, 1.82) is 0 Å². The van der Waals surface area contributed by atoms with Gasteiger partial charge in [-0.15, -0.1) is 0 Å². The molecule has 0 radical (unpaired) electrons. The van der Waals surface area contributed by atoms with Crippen LogP contribution in [0.2, 0.25) is 0 Å². The number of nitrogens with one attached hydrogen (secondary N) is 1. The maximum absolute atomic E-state index is 12.8. The summed E-state index contributed by atoms with van der Waals surface area (Å²) in [5.74, 6) is 0.773. The topological polar surface area (TPSA) is 86.7 Å². The minimum absolute atomic E-state index is 0.00344. The van der Waals surface area contributed by atoms with Gasteiger partial charge in [0.25, 0.3) is 5.91 Å². The molecule has 2 N–H and O–H groups in total. The van der Waals surface area contributed by atoms with E-state index >= 15 is 0 Å². The molecule has 1 atom stereocenters. The van der Waals surface area contributed by atoms with Crippen molar-refractivity contribution in [1.82, 2.24) is 4.90 Å². The zero-order chi connectivity index (χ0) is 18.5. The minimum Gasteiger partial charge on any atom is -0.480 e. The quantitative estimate of drug-likeness (QED) is 0.844. The van der Waals surface area contributed by atoms with E-state index in [-0.39, 0.29) is 17.7 Å². The predicted molar refractivity (Wildman–Crippen MR) is 101 cm³/mol. The van der Waals surface area contributed by atoms with Gasteiger partial charge >= 0.3 is 5.97 Å². The van der Waals surface area contributed by atoms with Crippen LogP contribution in [0.5, 0.6) is 0 Å². The van der Waals surface area contributed by atoms with Crippen LogP contribution in [0.15, 0.2) is 24.3 Å². The van der Waals surface area contributed by atoms with Crippen LogP contribution in [0.3, 0.4) is 0 Å². The summed E-state index contributed by atoms with van der Waals surface area (Å²) in [5, 5.41) is 12.3. The Kier molecular flexibility index (Phi) is 6.19. The lowest BCUT2D eigenvalue weighted by Crippen LogP contribution is -2.48. The number of amides is 2. The number of benzene rings is 1. The lowest BCUT2D eigenvalue weighted by atomic mass is 10.0. The molecule has 2 saturated heterocycles. The molecular formula is C19H24N2O4S. The first kappa shape index (κ1) is 18.8. The second kappa shape index (κ2) is 8.58. The second-order valence-corrected chi connectivity index (χ2v) is 8.03. The molecule has 1 aromatic rings. The Hall–Kier alpha value is -2.02. The summed E-state index contributed by atoms with van der Waals surface area (Å²) >= 11 is 1.87. The summed E-state index contributed by atoms with van der Waals surface area (Å²) in [6.45, 7) is 0.451. The van der Waals surface area contributed by atoms with Crippen LogP contribution >= 0.6 is 11.8 Å². The SMILES string of the molecule is O=C(Nc1cccc(C(=O)N2CCCCC2C(=O)O)c1)C1CCSCC1. The van der Waals surface area contributed by atoms with E-state index in [0.29, 0.717) is 24.2 Å². The molecule has 0 spiro atoms. The summed E-state index contributed by atoms with van der Waals surface area (Å²) in [7, 11) is 0. The molecule has 2 heterocycles. The molecule has 2 aliphatic rings. The van der Waals surface area contributed by atoms with Crippen molar-refractivity contribution < 1.29 is 19.5 Å². The Bertz CT molecular complexity index is 688. The van der Waals surface area contributed by atoms with E-state index in [1.807, 2.05) is 11.8 Å². The molecule has 140 valence electrons. The van der Waals surface area contributed by atoms with Crippen molar-refractivity contribution in [3.05, 3.63) is 29.8 Å². The molecule has 7 heteroatoms. The maximum atomic E-state index is 12.8. The van der Waals surface area contributed by atoms with Crippen LogP contribution in [0.4, 0.5) is 5.69 Å². The van der Waals surface area contributed by atoms with Crippen LogP contribution in [0, 0.1) is 5.92 Å². The van der Waals surface area contributed by atoms with E-state index in [0.717, 1.165) is 37.2 Å². The van der Waals surface area contributed by atoms with Gasteiger partial charge in [0.05, 0.1) is 0 Å². The van der Waals surface area contributed by atoms with Crippen LogP contribution < -0.4 is 5.32 Å². The molecule has 26 heavy (non-hydrogen) atoms. The lowest BCUT2D eigenvalue weighted by Gasteiger charge is -2.33. The summed E-state index contributed by atoms with van der Waals surface area (Å²) in [6.07, 6.45) is 3.87. The van der Waals surface area contributed by atoms with Gasteiger partial charge in [-0.2, -0.15) is 11.8 Å². The molecule has 0 aromatic heterocycles. The van der Waals surface area contributed by atoms with Gasteiger partial charge in [-0.25, -0.2) is 4.79 Å². The number of rotatable bonds is 4. The highest BCUT2D eigenvalue weighted by atomic mass is 32.2. The van der Waals surface area contributed by atoms with Crippen molar-refractivity contribution in [3.8, 4) is 0 Å². The summed E-state index contributed by atoms with van der Waals surface area (Å²) in [6, 6.07) is 6.03. The van der Waals surface area contributed by atoms with Crippen molar-refractivity contribution in [3.63, 3.8) is 0 Å². The largest absolute Gasteiger partial charge is 0.480 e. The fraction of sp³-hybridized carbons (Fsp3) is 0.526. The number of likely N-dealkylation sites (tertiary alicyclic amines) is 1. The third-order valence-corrected chi connectivity index (χ3v) is 6.07. The first-order chi connectivity index (χ1) is 12.6. The van der Waals surface area contributed by atoms with Gasteiger partial charge in [-0.05, 0) is 61.8 Å². The van der Waals surface area contributed by atoms with Crippen LogP contribution in [0.25, 0.3) is 0 Å². The predicted octanol–water partition coefficient (Wildman–Crippen LogP) is 2.85. The molecule has 2 amide bonds. The number of hydrogen-bond acceptors (Lipinski definition) is 4. The van der Waals surface area contributed by atoms with Crippen LogP contribution in [0.1, 0.15) is 42.5 Å². The Balaban J connectivity index is 1.70. The Labute approximate surface area is 157 Å². The number of piperidine rings is 1. The van der Waals surface area contributed by atoms with Crippen molar-refractivity contribution in [2.45, 2.75) is 38.1 Å². The molecule has 1 unspecified atom stereocenters. The van der Waals surface area contributed by atoms with E-state index in [2.05, 4.69) is 5.32 Å². The number of carbonyl (C=O) groups excluding carboxylic acids is 2. The maximum Gasteiger partial charge on any atom is 0.326 e. The molecule has 2 fully saturated rings. The first-order valence-corrected chi connectivity index (χ1v) is 10.2. The number of carbonyl (C=O) groups is 3. The standard InChI is InChI=1S/C19H24N2O4S/c22-17(13-7-10-26-11-8-13)20-15-5-3-4-14(12-15)18(23)21-9-2-1-6-16(21)19(24)25/h3-5,12-13,16H,1-2,6-11H2,(H,20,22)(H,24,25). The first-order valence-electron chi connectivity index (χ1n) is 9.08. The number of carboxylic acid groups (broad SMARTS) is 1. The molecule has 1 aromatic carbocycles. The normalized spacial score (nSPS) is 21.2. The third-order valence-electron chi connectivity index (χ3n) is 5.02. The molecule has 2 aliphatic heterocycles. The highest BCUT2D eigenvalue weighted by Crippen LogP contribution is 2.25. The number of aliphatic carboxylic acids is 1. The third kappa shape index (κ3) is 4.38. The molecule has 6 nitrogen and oxygen atoms in total. The van der Waals surface area contributed by atoms with Gasteiger partial charge < -0.3 is 15.3 Å². The fourth-order valence-corrected chi connectivity index (χ4v) is 4.64. The van der Waals surface area contributed by atoms with E-state index in [1.165, 1.54) is 4.90 Å². The summed E-state index contributed by atoms with van der Waals surface area (Å²) in [4.78, 5) is 38.1. The second-order valence-electron chi connectivity index (χ2n) is 6.81. The van der Waals surface area contributed by atoms with E-state index in [9.17, 15) is 19.5 Å². The van der Waals surface area contributed by atoms with Crippen molar-refractivity contribution in [2.24, 2.45) is 5.92 Å². The molecule has 0 aliphatic carbocycles. The Morgan fingerprint density at radius 1 is 1.12 bits per heavy atom. The van der Waals surface area contributed by atoms with Gasteiger partial charge in [0, 0.05) is 23.7 Å². The average Bonchev–Trinajstić information content (AvgIpc) is 2.68. The van der Waals surface area contributed by atoms with Gasteiger partial charge in [0.15, 0.2) is 0 Å². The molecular weight excluding hydrogens is 352 g/mol. The van der Waals surface area contributed by atoms with Gasteiger partial charge in [0.2, 0.25) is 5.91 Å². The van der Waals surface area contributed by atoms with Crippen LogP contribution in [-0.2, 0) is 9.59 Å². The monoisotopic (exact) mass is 376 g/mol. The van der Waals surface area contributed by atoms with Gasteiger partial charge in [-0.3, -0.25) is 9.59 Å². The average molecular weight is 376 g/mol. The molecule has 0 bridgehead atoms. The van der Waals surface area contributed by atoms with Gasteiger partial charge in [0.1, 0.15) is 6.04 Å². The van der Waals surface area contributed by atoms with Crippen LogP contribution in [-0.4, -0.2) is 51.9 Å². The summed E-state index contributed by atoms with van der Waals surface area (Å²) in [5.41, 5.74) is 0.998. The highest BCUT2D eigenvalue weighted by molar-refractivity contribution is 7.99. The zero-order valence-electron chi connectivity index (χ0n) is 14.6. The number of hydrogen-bond donors (Lipinski definition) is 2. The Morgan fingerprint density at radius 2 is 1.88 bits per heavy atom. The van der Waals surface area contributed by atoms with E-state index in [1.54, 1.807) is 24.3 Å². The highest BCUT2D eigenvalue weighted by Gasteiger charge is 2.32. The van der Waals surface area contributed by atoms with Crippen molar-refractivity contribution in [2.75, 3.05) is 23.4 Å². The number of anilines is 1. The van der Waals surface area contributed by atoms with E-state index in [4.69, 9.17) is 0 Å². The number of nitrogens with zero attached hydrogens (tertiary/aromatic N) is 1. The Morgan fingerprint density at radius 3 is 2.62 bits per heavy atom. The minimum atomic E-state index is -0.960. The lowest BCUT2D eigenvalue weighted by molar-refractivity contribution is -0.143. The molecule has 3 rings (SSSR count). The van der Waals surface area contributed by atoms with E-state index < -0.39 is 12.0 Å². The summed E-state index contributed by atoms with van der Waals surface area (Å²) < 4.78 is 0. The number of thioether (sulfide) groups is 1. The fourth-order valence-electron chi connectivity index (χ4n) is 3.53. The molecule has 0 saturated carbocycles. The smallest absolute Gasteiger partial charge is 0.326 e. The van der Waals surface area contributed by atoms with Crippen molar-refractivity contribution >= 4 is 35.2 Å².